The van der Waals surface area contributed by atoms with E-state index in [-0.39, 0.29) is 6.09 Å². The number of ether oxygens (including phenoxy) is 1. The Morgan fingerprint density at radius 2 is 1.73 bits per heavy atom. The second-order valence-corrected chi connectivity index (χ2v) is 8.67. The van der Waals surface area contributed by atoms with Gasteiger partial charge in [0.05, 0.1) is 0 Å². The van der Waals surface area contributed by atoms with Gasteiger partial charge in [-0.2, -0.15) is 0 Å². The molecule has 2 saturated heterocycles. The van der Waals surface area contributed by atoms with Crippen molar-refractivity contribution in [3.05, 3.63) is 30.3 Å². The highest BCUT2D eigenvalue weighted by Gasteiger charge is 2.44. The second-order valence-electron chi connectivity index (χ2n) is 7.30. The average molecular weight is 319 g/mol. The van der Waals surface area contributed by atoms with Crippen LogP contribution in [0.15, 0.2) is 35.2 Å². The molecule has 2 fully saturated rings. The zero-order valence-corrected chi connectivity index (χ0v) is 14.4. The maximum atomic E-state index is 12.4. The molecule has 0 unspecified atom stereocenters. The van der Waals surface area contributed by atoms with Crippen LogP contribution in [0.1, 0.15) is 46.5 Å². The van der Waals surface area contributed by atoms with Crippen molar-refractivity contribution in [2.45, 2.75) is 74.3 Å². The molecule has 0 N–H and O–H groups in total. The zero-order valence-electron chi connectivity index (χ0n) is 13.6. The highest BCUT2D eigenvalue weighted by molar-refractivity contribution is 8.00. The minimum absolute atomic E-state index is 0.122. The van der Waals surface area contributed by atoms with Crippen molar-refractivity contribution >= 4 is 17.9 Å². The summed E-state index contributed by atoms with van der Waals surface area (Å²) in [6.45, 7) is 5.81. The largest absolute Gasteiger partial charge is 0.444 e. The van der Waals surface area contributed by atoms with Crippen molar-refractivity contribution in [3.63, 3.8) is 0 Å². The predicted octanol–water partition coefficient (Wildman–Crippen LogP) is 4.71. The molecule has 0 aromatic heterocycles. The molecule has 1 aromatic rings. The van der Waals surface area contributed by atoms with Crippen LogP contribution in [0.2, 0.25) is 0 Å². The van der Waals surface area contributed by atoms with Gasteiger partial charge in [0.2, 0.25) is 0 Å². The van der Waals surface area contributed by atoms with Crippen molar-refractivity contribution in [3.8, 4) is 0 Å². The minimum atomic E-state index is -0.411. The Labute approximate surface area is 137 Å². The lowest BCUT2D eigenvalue weighted by Crippen LogP contribution is -2.49. The maximum absolute atomic E-state index is 12.4. The van der Waals surface area contributed by atoms with Gasteiger partial charge in [0.25, 0.3) is 0 Å². The standard InChI is InChI=1S/C18H25NO2S/c1-18(2,3)21-17(20)19-13-9-10-14(19)12-16(11-13)22-15-7-5-4-6-8-15/h4-8,13-14,16H,9-12H2,1-3H3/t13-,14+,16-. The fourth-order valence-electron chi connectivity index (χ4n) is 3.53. The Kier molecular flexibility index (Phi) is 4.40. The van der Waals surface area contributed by atoms with Crippen molar-refractivity contribution in [2.24, 2.45) is 0 Å². The van der Waals surface area contributed by atoms with E-state index in [0.717, 1.165) is 25.7 Å². The van der Waals surface area contributed by atoms with Gasteiger partial charge >= 0.3 is 6.09 Å². The molecule has 0 saturated carbocycles. The smallest absolute Gasteiger partial charge is 0.410 e. The molecule has 3 atom stereocenters. The van der Waals surface area contributed by atoms with Crippen LogP contribution >= 0.6 is 11.8 Å². The molecule has 22 heavy (non-hydrogen) atoms. The minimum Gasteiger partial charge on any atom is -0.444 e. The molecule has 1 aromatic carbocycles. The normalized spacial score (nSPS) is 27.8. The summed E-state index contributed by atoms with van der Waals surface area (Å²) in [6.07, 6.45) is 4.28. The van der Waals surface area contributed by atoms with E-state index in [0.29, 0.717) is 17.3 Å². The molecule has 0 aliphatic carbocycles. The molecule has 1 amide bonds. The Hall–Kier alpha value is -1.16. The molecule has 2 aliphatic rings. The number of thioether (sulfide) groups is 1. The number of piperidine rings is 1. The summed E-state index contributed by atoms with van der Waals surface area (Å²) < 4.78 is 5.59. The van der Waals surface area contributed by atoms with Gasteiger partial charge in [-0.05, 0) is 58.6 Å². The van der Waals surface area contributed by atoms with Crippen LogP contribution in [0.5, 0.6) is 0 Å². The first-order chi connectivity index (χ1) is 10.4. The lowest BCUT2D eigenvalue weighted by Gasteiger charge is -2.39. The van der Waals surface area contributed by atoms with E-state index in [1.807, 2.05) is 37.4 Å². The van der Waals surface area contributed by atoms with Crippen LogP contribution < -0.4 is 0 Å². The summed E-state index contributed by atoms with van der Waals surface area (Å²) in [5.74, 6) is 0. The van der Waals surface area contributed by atoms with Crippen LogP contribution in [0.4, 0.5) is 4.79 Å². The van der Waals surface area contributed by atoms with Gasteiger partial charge in [-0.25, -0.2) is 4.79 Å². The Balaban J connectivity index is 1.63. The van der Waals surface area contributed by atoms with Crippen LogP contribution in [0.3, 0.4) is 0 Å². The van der Waals surface area contributed by atoms with E-state index in [9.17, 15) is 4.79 Å². The SMILES string of the molecule is CC(C)(C)OC(=O)N1[C@@H]2CC[C@H]1C[C@H](Sc1ccccc1)C2. The topological polar surface area (TPSA) is 29.5 Å². The number of carbonyl (C=O) groups excluding carboxylic acids is 1. The van der Waals surface area contributed by atoms with Crippen molar-refractivity contribution in [2.75, 3.05) is 0 Å². The zero-order chi connectivity index (χ0) is 15.7. The highest BCUT2D eigenvalue weighted by atomic mass is 32.2. The molecule has 0 radical (unpaired) electrons. The van der Waals surface area contributed by atoms with Gasteiger partial charge in [-0.1, -0.05) is 18.2 Å². The number of fused-ring (bicyclic) bond motifs is 2. The van der Waals surface area contributed by atoms with Crippen LogP contribution in [0.25, 0.3) is 0 Å². The predicted molar refractivity (Wildman–Crippen MR) is 90.2 cm³/mol. The van der Waals surface area contributed by atoms with Crippen molar-refractivity contribution in [1.29, 1.82) is 0 Å². The fraction of sp³-hybridized carbons (Fsp3) is 0.611. The number of carbonyl (C=O) groups is 1. The van der Waals surface area contributed by atoms with Crippen molar-refractivity contribution in [1.82, 2.24) is 4.90 Å². The molecule has 4 heteroatoms. The summed E-state index contributed by atoms with van der Waals surface area (Å²) in [7, 11) is 0. The second kappa shape index (κ2) is 6.15. The van der Waals surface area contributed by atoms with Gasteiger partial charge in [0, 0.05) is 22.2 Å². The summed E-state index contributed by atoms with van der Waals surface area (Å²) in [4.78, 5) is 15.8. The third-order valence-electron chi connectivity index (χ3n) is 4.34. The van der Waals surface area contributed by atoms with E-state index in [2.05, 4.69) is 30.3 Å². The molecule has 120 valence electrons. The molecule has 3 rings (SSSR count). The first kappa shape index (κ1) is 15.7. The Morgan fingerprint density at radius 3 is 2.27 bits per heavy atom. The van der Waals surface area contributed by atoms with E-state index >= 15 is 0 Å². The number of rotatable bonds is 2. The highest BCUT2D eigenvalue weighted by Crippen LogP contribution is 2.42. The third kappa shape index (κ3) is 3.60. The van der Waals surface area contributed by atoms with Crippen LogP contribution in [-0.4, -0.2) is 33.9 Å². The Bertz CT molecular complexity index is 512. The lowest BCUT2D eigenvalue weighted by molar-refractivity contribution is 0.00842. The van der Waals surface area contributed by atoms with Crippen LogP contribution in [0, 0.1) is 0 Å². The number of nitrogens with zero attached hydrogens (tertiary/aromatic N) is 1. The monoisotopic (exact) mass is 319 g/mol. The van der Waals surface area contributed by atoms with Gasteiger partial charge in [0.15, 0.2) is 0 Å². The molecular formula is C18H25NO2S. The molecule has 3 nitrogen and oxygen atoms in total. The molecular weight excluding hydrogens is 294 g/mol. The first-order valence-electron chi connectivity index (χ1n) is 8.15. The van der Waals surface area contributed by atoms with E-state index < -0.39 is 5.60 Å². The number of hydrogen-bond acceptors (Lipinski definition) is 3. The third-order valence-corrected chi connectivity index (χ3v) is 5.60. The summed E-state index contributed by atoms with van der Waals surface area (Å²) >= 11 is 1.96. The first-order valence-corrected chi connectivity index (χ1v) is 9.03. The van der Waals surface area contributed by atoms with E-state index in [1.165, 1.54) is 4.90 Å². The van der Waals surface area contributed by atoms with Crippen LogP contribution in [-0.2, 0) is 4.74 Å². The fourth-order valence-corrected chi connectivity index (χ4v) is 4.86. The van der Waals surface area contributed by atoms with Gasteiger partial charge in [0.1, 0.15) is 5.60 Å². The molecule has 2 aliphatic heterocycles. The van der Waals surface area contributed by atoms with E-state index in [4.69, 9.17) is 4.74 Å². The lowest BCUT2D eigenvalue weighted by atomic mass is 10.0. The summed E-state index contributed by atoms with van der Waals surface area (Å²) in [6, 6.07) is 11.3. The quantitative estimate of drug-likeness (QED) is 0.790. The number of amides is 1. The number of benzene rings is 1. The molecule has 2 heterocycles. The molecule has 0 spiro atoms. The van der Waals surface area contributed by atoms with Gasteiger partial charge in [-0.3, -0.25) is 0 Å². The molecule has 2 bridgehead atoms. The van der Waals surface area contributed by atoms with Gasteiger partial charge < -0.3 is 9.64 Å². The summed E-state index contributed by atoms with van der Waals surface area (Å²) in [5.41, 5.74) is -0.411. The van der Waals surface area contributed by atoms with Gasteiger partial charge in [-0.15, -0.1) is 11.8 Å². The average Bonchev–Trinajstić information content (AvgIpc) is 2.70. The summed E-state index contributed by atoms with van der Waals surface area (Å²) in [5, 5.41) is 0.610. The van der Waals surface area contributed by atoms with E-state index in [1.54, 1.807) is 0 Å². The van der Waals surface area contributed by atoms with Crippen molar-refractivity contribution < 1.29 is 9.53 Å². The Morgan fingerprint density at radius 1 is 1.14 bits per heavy atom. The number of hydrogen-bond donors (Lipinski definition) is 0. The maximum Gasteiger partial charge on any atom is 0.410 e.